The average molecular weight is 361 g/mol. The second kappa shape index (κ2) is 6.49. The summed E-state index contributed by atoms with van der Waals surface area (Å²) >= 11 is 3.16. The molecule has 0 aliphatic carbocycles. The van der Waals surface area contributed by atoms with E-state index in [9.17, 15) is 9.59 Å². The minimum atomic E-state index is -0.717. The molecule has 0 fully saturated rings. The van der Waals surface area contributed by atoms with Crippen LogP contribution in [0.2, 0.25) is 0 Å². The predicted molar refractivity (Wildman–Crippen MR) is 99.9 cm³/mol. The lowest BCUT2D eigenvalue weighted by Gasteiger charge is -2.16. The third kappa shape index (κ3) is 2.57. The first-order chi connectivity index (χ1) is 11.5. The largest absolute Gasteiger partial charge is 0.368 e. The fourth-order valence-electron chi connectivity index (χ4n) is 2.86. The van der Waals surface area contributed by atoms with Gasteiger partial charge >= 0.3 is 0 Å². The highest BCUT2D eigenvalue weighted by Gasteiger charge is 2.24. The minimum absolute atomic E-state index is 0.178. The Bertz CT molecular complexity index is 955. The van der Waals surface area contributed by atoms with Gasteiger partial charge in [0.05, 0.1) is 5.39 Å². The number of carbonyl (C=O) groups excluding carboxylic acids is 1. The number of fused-ring (bicyclic) bond motifs is 1. The van der Waals surface area contributed by atoms with E-state index < -0.39 is 11.9 Å². The summed E-state index contributed by atoms with van der Waals surface area (Å²) in [5.41, 5.74) is 6.23. The summed E-state index contributed by atoms with van der Waals surface area (Å²) in [6, 6.07) is 3.27. The highest BCUT2D eigenvalue weighted by molar-refractivity contribution is 7.20. The van der Waals surface area contributed by atoms with Crippen LogP contribution >= 0.6 is 22.7 Å². The molecule has 126 valence electrons. The third-order valence-electron chi connectivity index (χ3n) is 4.11. The monoisotopic (exact) mass is 361 g/mol. The van der Waals surface area contributed by atoms with E-state index in [4.69, 9.17) is 5.73 Å². The molecule has 5 nitrogen and oxygen atoms in total. The first kappa shape index (κ1) is 16.9. The number of thiophene rings is 2. The summed E-state index contributed by atoms with van der Waals surface area (Å²) in [6.45, 7) is 5.65. The zero-order chi connectivity index (χ0) is 17.4. The Morgan fingerprint density at radius 1 is 1.38 bits per heavy atom. The second-order valence-corrected chi connectivity index (χ2v) is 7.58. The van der Waals surface area contributed by atoms with Crippen molar-refractivity contribution in [2.24, 2.45) is 5.73 Å². The smallest absolute Gasteiger partial charge is 0.263 e. The summed E-state index contributed by atoms with van der Waals surface area (Å²) in [5, 5.41) is 2.60. The third-order valence-corrected chi connectivity index (χ3v) is 6.22. The van der Waals surface area contributed by atoms with E-state index >= 15 is 0 Å². The molecule has 0 spiro atoms. The van der Waals surface area contributed by atoms with E-state index in [1.807, 2.05) is 24.4 Å². The van der Waals surface area contributed by atoms with Gasteiger partial charge in [-0.3, -0.25) is 14.2 Å². The first-order valence-electron chi connectivity index (χ1n) is 7.89. The lowest BCUT2D eigenvalue weighted by Crippen LogP contribution is -2.34. The fourth-order valence-corrected chi connectivity index (χ4v) is 4.86. The van der Waals surface area contributed by atoms with Crippen LogP contribution in [0.15, 0.2) is 22.3 Å². The zero-order valence-corrected chi connectivity index (χ0v) is 15.5. The van der Waals surface area contributed by atoms with E-state index in [2.05, 4.69) is 11.9 Å². The summed E-state index contributed by atoms with van der Waals surface area (Å²) < 4.78 is 1.45. The van der Waals surface area contributed by atoms with Crippen molar-refractivity contribution in [1.82, 2.24) is 9.55 Å². The van der Waals surface area contributed by atoms with E-state index in [0.29, 0.717) is 17.6 Å². The van der Waals surface area contributed by atoms with Gasteiger partial charge < -0.3 is 5.73 Å². The first-order valence-corrected chi connectivity index (χ1v) is 9.59. The predicted octanol–water partition coefficient (Wildman–Crippen LogP) is 3.36. The van der Waals surface area contributed by atoms with Crippen molar-refractivity contribution < 1.29 is 4.79 Å². The zero-order valence-electron chi connectivity index (χ0n) is 13.8. The molecule has 0 aliphatic heterocycles. The highest BCUT2D eigenvalue weighted by atomic mass is 32.1. The average Bonchev–Trinajstić information content (AvgIpc) is 3.20. The van der Waals surface area contributed by atoms with E-state index in [0.717, 1.165) is 26.6 Å². The molecule has 1 amide bonds. The van der Waals surface area contributed by atoms with Gasteiger partial charge in [-0.25, -0.2) is 4.98 Å². The lowest BCUT2D eigenvalue weighted by molar-refractivity contribution is -0.120. The van der Waals surface area contributed by atoms with Gasteiger partial charge in [0.2, 0.25) is 5.91 Å². The maximum atomic E-state index is 13.2. The molecule has 0 radical (unpaired) electrons. The molecular weight excluding hydrogens is 342 g/mol. The Morgan fingerprint density at radius 3 is 2.67 bits per heavy atom. The lowest BCUT2D eigenvalue weighted by atomic mass is 10.1. The van der Waals surface area contributed by atoms with Crippen LogP contribution in [0.4, 0.5) is 0 Å². The van der Waals surface area contributed by atoms with Crippen molar-refractivity contribution in [1.29, 1.82) is 0 Å². The van der Waals surface area contributed by atoms with Crippen LogP contribution in [0.1, 0.15) is 37.5 Å². The molecule has 0 saturated carbocycles. The molecule has 3 aromatic heterocycles. The maximum Gasteiger partial charge on any atom is 0.263 e. The number of primary amides is 1. The molecular formula is C17H19N3O2S2. The second-order valence-electron chi connectivity index (χ2n) is 5.55. The molecule has 3 rings (SSSR count). The van der Waals surface area contributed by atoms with Crippen molar-refractivity contribution in [3.8, 4) is 10.4 Å². The molecule has 1 atom stereocenters. The van der Waals surface area contributed by atoms with Gasteiger partial charge in [0.25, 0.3) is 5.56 Å². The Morgan fingerprint density at radius 2 is 2.12 bits per heavy atom. The van der Waals surface area contributed by atoms with E-state index in [1.54, 1.807) is 29.6 Å². The molecule has 3 heterocycles. The molecule has 0 saturated heterocycles. The van der Waals surface area contributed by atoms with Crippen molar-refractivity contribution in [3.63, 3.8) is 0 Å². The summed E-state index contributed by atoms with van der Waals surface area (Å²) in [4.78, 5) is 32.5. The van der Waals surface area contributed by atoms with Crippen LogP contribution in [-0.2, 0) is 17.6 Å². The quantitative estimate of drug-likeness (QED) is 0.757. The molecule has 24 heavy (non-hydrogen) atoms. The highest BCUT2D eigenvalue weighted by Crippen LogP contribution is 2.39. The van der Waals surface area contributed by atoms with Crippen molar-refractivity contribution in [2.75, 3.05) is 0 Å². The maximum absolute atomic E-state index is 13.2. The number of hydrogen-bond acceptors (Lipinski definition) is 5. The Balaban J connectivity index is 2.43. The Kier molecular flexibility index (Phi) is 4.56. The molecule has 1 unspecified atom stereocenters. The van der Waals surface area contributed by atoms with E-state index in [1.165, 1.54) is 4.57 Å². The summed E-state index contributed by atoms with van der Waals surface area (Å²) in [6.07, 6.45) is 1.40. The number of rotatable bonds is 5. The molecule has 0 aliphatic rings. The van der Waals surface area contributed by atoms with Crippen LogP contribution in [0.5, 0.6) is 0 Å². The summed E-state index contributed by atoms with van der Waals surface area (Å²) in [5.74, 6) is 0.0667. The van der Waals surface area contributed by atoms with Gasteiger partial charge in [-0.2, -0.15) is 0 Å². The number of hydrogen-bond donors (Lipinski definition) is 1. The summed E-state index contributed by atoms with van der Waals surface area (Å²) in [7, 11) is 0. The van der Waals surface area contributed by atoms with Gasteiger partial charge in [0.15, 0.2) is 0 Å². The van der Waals surface area contributed by atoms with Crippen LogP contribution in [0.3, 0.4) is 0 Å². The van der Waals surface area contributed by atoms with Crippen LogP contribution < -0.4 is 11.3 Å². The van der Waals surface area contributed by atoms with Gasteiger partial charge in [-0.05, 0) is 24.8 Å². The normalized spacial score (nSPS) is 12.6. The Hall–Kier alpha value is -1.99. The number of aryl methyl sites for hydroxylation is 2. The minimum Gasteiger partial charge on any atom is -0.368 e. The number of nitrogens with two attached hydrogens (primary N) is 1. The van der Waals surface area contributed by atoms with E-state index in [-0.39, 0.29) is 5.56 Å². The molecule has 0 bridgehead atoms. The number of nitrogens with zero attached hydrogens (tertiary/aromatic N) is 2. The molecule has 0 aromatic carbocycles. The molecule has 2 N–H and O–H groups in total. The van der Waals surface area contributed by atoms with Crippen LogP contribution in [0.25, 0.3) is 20.7 Å². The Labute approximate surface area is 147 Å². The van der Waals surface area contributed by atoms with Crippen LogP contribution in [-0.4, -0.2) is 15.5 Å². The van der Waals surface area contributed by atoms with Gasteiger partial charge in [0, 0.05) is 21.7 Å². The number of carbonyl (C=O) groups is 1. The standard InChI is InChI=1S/C17H19N3O2S2/c1-4-10-13(11-7-6-8-23-11)14-16(24-10)19-12(5-2)20(17(14)22)9(3)15(18)21/h6-9H,4-5H2,1-3H3,(H2,18,21). The SMILES string of the molecule is CCc1sc2nc(CC)n(C(C)C(N)=O)c(=O)c2c1-c1cccs1. The van der Waals surface area contributed by atoms with Crippen molar-refractivity contribution in [2.45, 2.75) is 39.7 Å². The number of aromatic nitrogens is 2. The van der Waals surface area contributed by atoms with Gasteiger partial charge in [0.1, 0.15) is 16.7 Å². The topological polar surface area (TPSA) is 78.0 Å². The van der Waals surface area contributed by atoms with Crippen molar-refractivity contribution in [3.05, 3.63) is 38.6 Å². The fraction of sp³-hybridized carbons (Fsp3) is 0.353. The van der Waals surface area contributed by atoms with Gasteiger partial charge in [-0.1, -0.05) is 19.9 Å². The molecule has 7 heteroatoms. The van der Waals surface area contributed by atoms with Gasteiger partial charge in [-0.15, -0.1) is 22.7 Å². The van der Waals surface area contributed by atoms with Crippen LogP contribution in [0, 0.1) is 0 Å². The number of amides is 1. The van der Waals surface area contributed by atoms with Crippen molar-refractivity contribution >= 4 is 38.8 Å². The molecule has 3 aromatic rings.